The molecule has 0 saturated carbocycles. The highest BCUT2D eigenvalue weighted by Crippen LogP contribution is 2.36. The normalized spacial score (nSPS) is 11.1. The van der Waals surface area contributed by atoms with Gasteiger partial charge in [0.2, 0.25) is 0 Å². The van der Waals surface area contributed by atoms with Crippen LogP contribution in [-0.2, 0) is 25.7 Å². The maximum atomic E-state index is 13.2. The minimum Gasteiger partial charge on any atom is -0.351 e. The molecule has 0 atom stereocenters. The summed E-state index contributed by atoms with van der Waals surface area (Å²) in [6.07, 6.45) is 18.5. The molecule has 0 spiro atoms. The lowest BCUT2D eigenvalue weighted by molar-refractivity contribution is 0.256. The summed E-state index contributed by atoms with van der Waals surface area (Å²) in [6, 6.07) is 12.6. The van der Waals surface area contributed by atoms with Crippen LogP contribution in [0.25, 0.3) is 0 Å². The third-order valence-electron chi connectivity index (χ3n) is 7.36. The summed E-state index contributed by atoms with van der Waals surface area (Å²) in [4.78, 5) is 15.0. The molecule has 0 fully saturated rings. The van der Waals surface area contributed by atoms with Crippen molar-refractivity contribution in [3.8, 4) is 0 Å². The first kappa shape index (κ1) is 29.9. The third kappa shape index (κ3) is 8.98. The van der Waals surface area contributed by atoms with Crippen molar-refractivity contribution in [2.45, 2.75) is 130 Å². The van der Waals surface area contributed by atoms with Gasteiger partial charge in [-0.3, -0.25) is 4.90 Å². The number of aryl methyl sites for hydroxylation is 2. The van der Waals surface area contributed by atoms with Gasteiger partial charge in [0.15, 0.2) is 0 Å². The number of hydrogen-bond donors (Lipinski definition) is 1. The quantitative estimate of drug-likeness (QED) is 0.207. The Labute approximate surface area is 221 Å². The van der Waals surface area contributed by atoms with Crippen molar-refractivity contribution in [1.29, 1.82) is 0 Å². The van der Waals surface area contributed by atoms with Crippen LogP contribution in [0.2, 0.25) is 0 Å². The lowest BCUT2D eigenvalue weighted by Gasteiger charge is -2.28. The largest absolute Gasteiger partial charge is 0.351 e. The minimum absolute atomic E-state index is 0.375. The Balaban J connectivity index is 2.59. The van der Waals surface area contributed by atoms with Gasteiger partial charge >= 0.3 is 6.03 Å². The third-order valence-corrected chi connectivity index (χ3v) is 7.36. The Hall–Kier alpha value is -2.29. The summed E-state index contributed by atoms with van der Waals surface area (Å²) in [5, 5.41) is 0. The van der Waals surface area contributed by atoms with Crippen molar-refractivity contribution in [3.05, 3.63) is 58.7 Å². The van der Waals surface area contributed by atoms with Crippen molar-refractivity contribution in [1.82, 2.24) is 0 Å². The summed E-state index contributed by atoms with van der Waals surface area (Å²) < 4.78 is 0. The number of nitrogens with zero attached hydrogens (tertiary/aromatic N) is 1. The lowest BCUT2D eigenvalue weighted by atomic mass is 9.92. The Morgan fingerprint density at radius 1 is 0.583 bits per heavy atom. The van der Waals surface area contributed by atoms with Gasteiger partial charge in [-0.15, -0.1) is 0 Å². The molecule has 0 bridgehead atoms. The fraction of sp³-hybridized carbons (Fsp3) is 0.606. The fourth-order valence-corrected chi connectivity index (χ4v) is 5.31. The van der Waals surface area contributed by atoms with Gasteiger partial charge < -0.3 is 5.73 Å². The standard InChI is InChI=1S/C33H52N2O/c1-5-9-13-19-27-21-17-25-31(29(27)23-15-11-7-3)35(33(34)36)32-26-18-22-28(20-14-10-6-2)30(32)24-16-12-8-4/h17-18,21-22,25-26H,5-16,19-20,23-24H2,1-4H3,(H2,34,36). The summed E-state index contributed by atoms with van der Waals surface area (Å²) in [5.41, 5.74) is 13.6. The predicted octanol–water partition coefficient (Wildman–Crippen LogP) is 9.83. The summed E-state index contributed by atoms with van der Waals surface area (Å²) >= 11 is 0. The number of rotatable bonds is 18. The minimum atomic E-state index is -0.375. The first-order valence-electron chi connectivity index (χ1n) is 14.9. The summed E-state index contributed by atoms with van der Waals surface area (Å²) in [5.74, 6) is 0. The zero-order chi connectivity index (χ0) is 26.2. The van der Waals surface area contributed by atoms with Crippen molar-refractivity contribution in [2.75, 3.05) is 4.90 Å². The van der Waals surface area contributed by atoms with E-state index < -0.39 is 0 Å². The Bertz CT molecular complexity index is 837. The van der Waals surface area contributed by atoms with Crippen molar-refractivity contribution < 1.29 is 4.79 Å². The van der Waals surface area contributed by atoms with Crippen LogP contribution < -0.4 is 10.6 Å². The maximum absolute atomic E-state index is 13.2. The van der Waals surface area contributed by atoms with E-state index in [1.807, 2.05) is 4.90 Å². The summed E-state index contributed by atoms with van der Waals surface area (Å²) in [7, 11) is 0. The molecule has 2 aromatic rings. The molecule has 0 aromatic heterocycles. The maximum Gasteiger partial charge on any atom is 0.323 e. The molecule has 3 heteroatoms. The number of urea groups is 1. The van der Waals surface area contributed by atoms with E-state index in [0.717, 1.165) is 49.9 Å². The Morgan fingerprint density at radius 3 is 1.28 bits per heavy atom. The average molecular weight is 493 g/mol. The zero-order valence-electron chi connectivity index (χ0n) is 23.7. The van der Waals surface area contributed by atoms with E-state index in [-0.39, 0.29) is 6.03 Å². The van der Waals surface area contributed by atoms with E-state index in [2.05, 4.69) is 64.1 Å². The molecule has 2 rings (SSSR count). The first-order chi connectivity index (χ1) is 17.6. The molecule has 3 nitrogen and oxygen atoms in total. The highest BCUT2D eigenvalue weighted by Gasteiger charge is 2.23. The fourth-order valence-electron chi connectivity index (χ4n) is 5.31. The van der Waals surface area contributed by atoms with E-state index in [0.29, 0.717) is 0 Å². The van der Waals surface area contributed by atoms with Crippen molar-refractivity contribution in [2.24, 2.45) is 5.73 Å². The van der Waals surface area contributed by atoms with Gasteiger partial charge in [-0.05, 0) is 85.8 Å². The molecule has 2 amide bonds. The van der Waals surface area contributed by atoms with E-state index >= 15 is 0 Å². The molecule has 0 aliphatic rings. The van der Waals surface area contributed by atoms with E-state index in [4.69, 9.17) is 5.73 Å². The summed E-state index contributed by atoms with van der Waals surface area (Å²) in [6.45, 7) is 8.99. The molecule has 0 heterocycles. The topological polar surface area (TPSA) is 46.3 Å². The number of primary amides is 1. The van der Waals surface area contributed by atoms with Gasteiger partial charge in [0.1, 0.15) is 0 Å². The lowest BCUT2D eigenvalue weighted by Crippen LogP contribution is -2.33. The van der Waals surface area contributed by atoms with Crippen LogP contribution in [0.3, 0.4) is 0 Å². The molecular formula is C33H52N2O. The number of carbonyl (C=O) groups excluding carboxylic acids is 1. The molecule has 2 aromatic carbocycles. The van der Waals surface area contributed by atoms with Crippen LogP contribution in [0.15, 0.2) is 36.4 Å². The van der Waals surface area contributed by atoms with Gasteiger partial charge in [0.05, 0.1) is 11.4 Å². The van der Waals surface area contributed by atoms with Gasteiger partial charge in [0, 0.05) is 0 Å². The van der Waals surface area contributed by atoms with E-state index in [1.165, 1.54) is 86.5 Å². The van der Waals surface area contributed by atoms with Gasteiger partial charge in [-0.2, -0.15) is 0 Å². The number of unbranched alkanes of at least 4 members (excludes halogenated alkanes) is 8. The highest BCUT2D eigenvalue weighted by molar-refractivity contribution is 6.00. The van der Waals surface area contributed by atoms with E-state index in [9.17, 15) is 4.79 Å². The SMILES string of the molecule is CCCCCc1cccc(N(C(N)=O)c2cccc(CCCCC)c2CCCCC)c1CCCCC. The van der Waals surface area contributed by atoms with Gasteiger partial charge in [0.25, 0.3) is 0 Å². The number of benzene rings is 2. The number of hydrogen-bond acceptors (Lipinski definition) is 1. The van der Waals surface area contributed by atoms with Crippen LogP contribution in [0.5, 0.6) is 0 Å². The molecule has 0 aliphatic carbocycles. The predicted molar refractivity (Wildman–Crippen MR) is 158 cm³/mol. The highest BCUT2D eigenvalue weighted by atomic mass is 16.2. The van der Waals surface area contributed by atoms with Gasteiger partial charge in [-0.25, -0.2) is 4.79 Å². The second-order valence-electron chi connectivity index (χ2n) is 10.3. The Kier molecular flexibility index (Phi) is 14.3. The molecule has 0 aliphatic heterocycles. The molecule has 0 unspecified atom stereocenters. The number of anilines is 2. The van der Waals surface area contributed by atoms with Crippen LogP contribution in [-0.4, -0.2) is 6.03 Å². The first-order valence-corrected chi connectivity index (χ1v) is 14.9. The monoisotopic (exact) mass is 492 g/mol. The van der Waals surface area contributed by atoms with Crippen LogP contribution in [0.4, 0.5) is 16.2 Å². The average Bonchev–Trinajstić information content (AvgIpc) is 2.87. The van der Waals surface area contributed by atoms with Crippen LogP contribution in [0.1, 0.15) is 127 Å². The number of nitrogens with two attached hydrogens (primary N) is 1. The Morgan fingerprint density at radius 2 is 0.944 bits per heavy atom. The molecule has 200 valence electrons. The molecule has 0 saturated heterocycles. The zero-order valence-corrected chi connectivity index (χ0v) is 23.7. The molecular weight excluding hydrogens is 440 g/mol. The second-order valence-corrected chi connectivity index (χ2v) is 10.3. The number of amides is 2. The van der Waals surface area contributed by atoms with Crippen molar-refractivity contribution in [3.63, 3.8) is 0 Å². The van der Waals surface area contributed by atoms with E-state index in [1.54, 1.807) is 0 Å². The smallest absolute Gasteiger partial charge is 0.323 e. The second kappa shape index (κ2) is 17.2. The van der Waals surface area contributed by atoms with Gasteiger partial charge in [-0.1, -0.05) is 103 Å². The number of carbonyl (C=O) groups is 1. The van der Waals surface area contributed by atoms with Crippen LogP contribution in [0, 0.1) is 0 Å². The molecule has 36 heavy (non-hydrogen) atoms. The van der Waals surface area contributed by atoms with Crippen molar-refractivity contribution >= 4 is 17.4 Å². The van der Waals surface area contributed by atoms with Crippen LogP contribution >= 0.6 is 0 Å². The molecule has 2 N–H and O–H groups in total. The molecule has 0 radical (unpaired) electrons.